The first-order valence-corrected chi connectivity index (χ1v) is 10.2. The number of carbonyl (C=O) groups is 1. The van der Waals surface area contributed by atoms with Crippen LogP contribution in [0.25, 0.3) is 5.69 Å². The number of carbonyl (C=O) groups excluding carboxylic acids is 1. The van der Waals surface area contributed by atoms with Gasteiger partial charge in [0.15, 0.2) is 5.69 Å². The molecule has 0 saturated heterocycles. The highest BCUT2D eigenvalue weighted by atomic mass is 16.2. The summed E-state index contributed by atoms with van der Waals surface area (Å²) in [4.78, 5) is 42.1. The number of aromatic amines is 1. The number of H-pyrrole nitrogens is 1. The van der Waals surface area contributed by atoms with E-state index in [0.717, 1.165) is 5.69 Å². The lowest BCUT2D eigenvalue weighted by molar-refractivity contribution is 0.0983. The fourth-order valence-corrected chi connectivity index (χ4v) is 3.34. The Balaban J connectivity index is 2.08. The van der Waals surface area contributed by atoms with Crippen molar-refractivity contribution in [3.63, 3.8) is 0 Å². The van der Waals surface area contributed by atoms with Gasteiger partial charge in [-0.15, -0.1) is 0 Å². The summed E-state index contributed by atoms with van der Waals surface area (Å²) in [6, 6.07) is 9.39. The van der Waals surface area contributed by atoms with E-state index in [2.05, 4.69) is 10.1 Å². The Morgan fingerprint density at radius 3 is 2.42 bits per heavy atom. The SMILES string of the molecule is CC(C)CN(C(=O)c1cnn(-c2ccccc2)c1)c1c(N)n(CC(C)C)c(=O)[nH]c1=O. The maximum Gasteiger partial charge on any atom is 0.330 e. The van der Waals surface area contributed by atoms with Crippen molar-refractivity contribution in [1.29, 1.82) is 0 Å². The van der Waals surface area contributed by atoms with Gasteiger partial charge in [0.05, 0.1) is 17.4 Å². The second-order valence-corrected chi connectivity index (χ2v) is 8.32. The number of anilines is 2. The van der Waals surface area contributed by atoms with Crippen molar-refractivity contribution in [2.75, 3.05) is 17.2 Å². The van der Waals surface area contributed by atoms with Crippen LogP contribution in [0.1, 0.15) is 38.1 Å². The Kier molecular flexibility index (Phi) is 6.43. The summed E-state index contributed by atoms with van der Waals surface area (Å²) in [5.74, 6) is -0.260. The maximum absolute atomic E-state index is 13.4. The van der Waals surface area contributed by atoms with E-state index in [9.17, 15) is 14.4 Å². The Hall–Kier alpha value is -3.62. The average Bonchev–Trinajstić information content (AvgIpc) is 3.20. The molecule has 0 aliphatic carbocycles. The van der Waals surface area contributed by atoms with Gasteiger partial charge in [-0.05, 0) is 24.0 Å². The third kappa shape index (κ3) is 4.76. The van der Waals surface area contributed by atoms with Crippen LogP contribution in [0.2, 0.25) is 0 Å². The van der Waals surface area contributed by atoms with Gasteiger partial charge in [0.2, 0.25) is 0 Å². The molecule has 31 heavy (non-hydrogen) atoms. The second kappa shape index (κ2) is 9.03. The molecule has 9 heteroatoms. The van der Waals surface area contributed by atoms with Gasteiger partial charge in [-0.2, -0.15) is 5.10 Å². The van der Waals surface area contributed by atoms with Crippen LogP contribution in [0.5, 0.6) is 0 Å². The summed E-state index contributed by atoms with van der Waals surface area (Å²) in [5, 5.41) is 4.28. The molecule has 0 aliphatic heterocycles. The van der Waals surface area contributed by atoms with Gasteiger partial charge in [0.25, 0.3) is 11.5 Å². The van der Waals surface area contributed by atoms with Crippen molar-refractivity contribution >= 4 is 17.4 Å². The van der Waals surface area contributed by atoms with E-state index in [-0.39, 0.29) is 29.9 Å². The molecule has 0 radical (unpaired) electrons. The fraction of sp³-hybridized carbons (Fsp3) is 0.364. The van der Waals surface area contributed by atoms with E-state index < -0.39 is 17.2 Å². The third-order valence-corrected chi connectivity index (χ3v) is 4.67. The minimum absolute atomic E-state index is 0.0214. The normalized spacial score (nSPS) is 11.3. The first kappa shape index (κ1) is 22.1. The number of hydrogen-bond donors (Lipinski definition) is 2. The molecule has 0 unspecified atom stereocenters. The summed E-state index contributed by atoms with van der Waals surface area (Å²) in [5.41, 5.74) is 6.07. The highest BCUT2D eigenvalue weighted by molar-refractivity contribution is 6.07. The lowest BCUT2D eigenvalue weighted by atomic mass is 10.1. The second-order valence-electron chi connectivity index (χ2n) is 8.32. The maximum atomic E-state index is 13.4. The smallest absolute Gasteiger partial charge is 0.330 e. The number of aromatic nitrogens is 4. The molecule has 3 rings (SSSR count). The Bertz CT molecular complexity index is 1170. The predicted molar refractivity (Wildman–Crippen MR) is 121 cm³/mol. The molecule has 0 fully saturated rings. The van der Waals surface area contributed by atoms with E-state index in [1.807, 2.05) is 58.0 Å². The molecule has 0 aliphatic rings. The van der Waals surface area contributed by atoms with E-state index in [0.29, 0.717) is 12.1 Å². The molecular formula is C22H28N6O3. The number of rotatable bonds is 7. The third-order valence-electron chi connectivity index (χ3n) is 4.67. The molecule has 3 N–H and O–H groups in total. The highest BCUT2D eigenvalue weighted by Gasteiger charge is 2.27. The standard InChI is InChI=1S/C22H28N6O3/c1-14(2)11-26(18-19(23)27(12-15(3)4)22(31)25-20(18)29)21(30)16-10-24-28(13-16)17-8-6-5-7-9-17/h5-10,13-15H,11-12,23H2,1-4H3,(H,25,29,31). The first-order valence-electron chi connectivity index (χ1n) is 10.2. The molecule has 2 aromatic heterocycles. The van der Waals surface area contributed by atoms with Crippen LogP contribution in [-0.2, 0) is 6.54 Å². The van der Waals surface area contributed by atoms with Gasteiger partial charge in [0, 0.05) is 19.3 Å². The Morgan fingerprint density at radius 1 is 1.13 bits per heavy atom. The lowest BCUT2D eigenvalue weighted by Crippen LogP contribution is -2.43. The topological polar surface area (TPSA) is 119 Å². The number of nitrogens with one attached hydrogen (secondary N) is 1. The average molecular weight is 425 g/mol. The number of nitrogen functional groups attached to an aromatic ring is 1. The van der Waals surface area contributed by atoms with Crippen molar-refractivity contribution < 1.29 is 4.79 Å². The zero-order valence-electron chi connectivity index (χ0n) is 18.2. The zero-order chi connectivity index (χ0) is 22.7. The molecule has 2 heterocycles. The summed E-state index contributed by atoms with van der Waals surface area (Å²) in [7, 11) is 0. The summed E-state index contributed by atoms with van der Waals surface area (Å²) in [6.07, 6.45) is 3.07. The summed E-state index contributed by atoms with van der Waals surface area (Å²) >= 11 is 0. The zero-order valence-corrected chi connectivity index (χ0v) is 18.2. The number of nitrogens with zero attached hydrogens (tertiary/aromatic N) is 4. The van der Waals surface area contributed by atoms with Crippen LogP contribution in [0, 0.1) is 11.8 Å². The molecule has 0 bridgehead atoms. The van der Waals surface area contributed by atoms with Crippen molar-refractivity contribution in [3.05, 3.63) is 69.1 Å². The predicted octanol–water partition coefficient (Wildman–Crippen LogP) is 2.26. The number of nitrogens with two attached hydrogens (primary N) is 1. The molecule has 0 saturated carbocycles. The van der Waals surface area contributed by atoms with Crippen LogP contribution in [0.4, 0.5) is 11.5 Å². The minimum atomic E-state index is -0.688. The number of amides is 1. The van der Waals surface area contributed by atoms with Crippen molar-refractivity contribution in [1.82, 2.24) is 19.3 Å². The van der Waals surface area contributed by atoms with Crippen LogP contribution in [0.3, 0.4) is 0 Å². The van der Waals surface area contributed by atoms with Gasteiger partial charge in [-0.1, -0.05) is 45.9 Å². The number of benzene rings is 1. The van der Waals surface area contributed by atoms with Crippen LogP contribution in [0.15, 0.2) is 52.3 Å². The molecular weight excluding hydrogens is 396 g/mol. The highest BCUT2D eigenvalue weighted by Crippen LogP contribution is 2.22. The van der Waals surface area contributed by atoms with Crippen molar-refractivity contribution in [2.24, 2.45) is 11.8 Å². The molecule has 1 amide bonds. The fourth-order valence-electron chi connectivity index (χ4n) is 3.34. The van der Waals surface area contributed by atoms with Crippen molar-refractivity contribution in [2.45, 2.75) is 34.2 Å². The van der Waals surface area contributed by atoms with Crippen LogP contribution in [-0.4, -0.2) is 31.8 Å². The molecule has 3 aromatic rings. The van der Waals surface area contributed by atoms with E-state index in [1.54, 1.807) is 10.9 Å². The van der Waals surface area contributed by atoms with Crippen LogP contribution < -0.4 is 21.9 Å². The van der Waals surface area contributed by atoms with Gasteiger partial charge < -0.3 is 10.6 Å². The Morgan fingerprint density at radius 2 is 1.81 bits per heavy atom. The van der Waals surface area contributed by atoms with Gasteiger partial charge in [-0.25, -0.2) is 9.48 Å². The van der Waals surface area contributed by atoms with Gasteiger partial charge >= 0.3 is 5.69 Å². The van der Waals surface area contributed by atoms with E-state index in [4.69, 9.17) is 5.73 Å². The monoisotopic (exact) mass is 424 g/mol. The molecule has 1 aromatic carbocycles. The van der Waals surface area contributed by atoms with Gasteiger partial charge in [-0.3, -0.25) is 19.1 Å². The molecule has 9 nitrogen and oxygen atoms in total. The minimum Gasteiger partial charge on any atom is -0.383 e. The lowest BCUT2D eigenvalue weighted by Gasteiger charge is -2.26. The van der Waals surface area contributed by atoms with Gasteiger partial charge in [0.1, 0.15) is 5.82 Å². The number of para-hydroxylation sites is 1. The number of hydrogen-bond acceptors (Lipinski definition) is 5. The molecule has 0 atom stereocenters. The first-order chi connectivity index (χ1) is 14.7. The van der Waals surface area contributed by atoms with Crippen LogP contribution >= 0.6 is 0 Å². The quantitative estimate of drug-likeness (QED) is 0.603. The van der Waals surface area contributed by atoms with E-state index >= 15 is 0 Å². The molecule has 164 valence electrons. The molecule has 0 spiro atoms. The van der Waals surface area contributed by atoms with Crippen molar-refractivity contribution in [3.8, 4) is 5.69 Å². The summed E-state index contributed by atoms with van der Waals surface area (Å²) < 4.78 is 2.89. The largest absolute Gasteiger partial charge is 0.383 e. The Labute approximate surface area is 180 Å². The van der Waals surface area contributed by atoms with E-state index in [1.165, 1.54) is 15.7 Å². The summed E-state index contributed by atoms with van der Waals surface area (Å²) in [6.45, 7) is 8.31.